The molecule has 2 heterocycles. The van der Waals surface area contributed by atoms with Gasteiger partial charge in [-0.3, -0.25) is 4.79 Å². The van der Waals surface area contributed by atoms with E-state index in [-0.39, 0.29) is 18.6 Å². The van der Waals surface area contributed by atoms with E-state index in [0.29, 0.717) is 23.8 Å². The second-order valence-electron chi connectivity index (χ2n) is 6.31. The molecule has 0 unspecified atom stereocenters. The van der Waals surface area contributed by atoms with Crippen LogP contribution in [-0.4, -0.2) is 44.1 Å². The van der Waals surface area contributed by atoms with Gasteiger partial charge in [-0.05, 0) is 49.2 Å². The largest absolute Gasteiger partial charge is 0.497 e. The second kappa shape index (κ2) is 9.12. The van der Waals surface area contributed by atoms with Gasteiger partial charge in [-0.15, -0.1) is 0 Å². The summed E-state index contributed by atoms with van der Waals surface area (Å²) >= 11 is 0. The maximum atomic E-state index is 12.7. The van der Waals surface area contributed by atoms with E-state index in [1.165, 1.54) is 18.4 Å². The molecular weight excluding hydrogens is 362 g/mol. The number of hydrogen-bond donors (Lipinski definition) is 0. The van der Waals surface area contributed by atoms with Gasteiger partial charge in [0.05, 0.1) is 26.5 Å². The molecule has 3 rings (SSSR count). The number of hydrogen-bond acceptors (Lipinski definition) is 6. The molecule has 1 aromatic carbocycles. The number of rotatable bonds is 7. The quantitative estimate of drug-likeness (QED) is 0.538. The Balaban J connectivity index is 1.64. The van der Waals surface area contributed by atoms with E-state index < -0.39 is 5.97 Å². The SMILES string of the molecule is COc1ccc(OC)c([C@H]2CCCN2C(=O)COC(=O)/C=C/c2ccco2)c1. The van der Waals surface area contributed by atoms with Crippen LogP contribution in [0.15, 0.2) is 47.1 Å². The van der Waals surface area contributed by atoms with Crippen molar-refractivity contribution in [2.75, 3.05) is 27.4 Å². The third-order valence-corrected chi connectivity index (χ3v) is 4.63. The van der Waals surface area contributed by atoms with Crippen LogP contribution in [0.4, 0.5) is 0 Å². The average Bonchev–Trinajstić information content (AvgIpc) is 3.41. The number of carbonyl (C=O) groups excluding carboxylic acids is 2. The zero-order valence-corrected chi connectivity index (χ0v) is 15.9. The Hall–Kier alpha value is -3.22. The molecule has 1 amide bonds. The van der Waals surface area contributed by atoms with Crippen LogP contribution in [0.5, 0.6) is 11.5 Å². The minimum Gasteiger partial charge on any atom is -0.497 e. The number of esters is 1. The van der Waals surface area contributed by atoms with Crippen LogP contribution in [0.25, 0.3) is 6.08 Å². The summed E-state index contributed by atoms with van der Waals surface area (Å²) in [5, 5.41) is 0. The third-order valence-electron chi connectivity index (χ3n) is 4.63. The number of carbonyl (C=O) groups is 2. The fourth-order valence-corrected chi connectivity index (χ4v) is 3.29. The monoisotopic (exact) mass is 385 g/mol. The van der Waals surface area contributed by atoms with E-state index in [2.05, 4.69) is 0 Å². The lowest BCUT2D eigenvalue weighted by atomic mass is 10.0. The molecular formula is C21H23NO6. The molecule has 0 saturated carbocycles. The van der Waals surface area contributed by atoms with Gasteiger partial charge in [0.25, 0.3) is 5.91 Å². The zero-order valence-electron chi connectivity index (χ0n) is 15.9. The molecule has 1 fully saturated rings. The predicted octanol–water partition coefficient (Wildman–Crippen LogP) is 3.22. The standard InChI is InChI=1S/C21H23NO6/c1-25-16-7-9-19(26-2)17(13-16)18-6-3-11-22(18)20(23)14-28-21(24)10-8-15-5-4-12-27-15/h4-5,7-10,12-13,18H,3,6,11,14H2,1-2H3/b10-8+/t18-/m1/s1. The molecule has 28 heavy (non-hydrogen) atoms. The van der Waals surface area contributed by atoms with Gasteiger partial charge in [-0.25, -0.2) is 4.79 Å². The number of furan rings is 1. The van der Waals surface area contributed by atoms with Gasteiger partial charge in [0.15, 0.2) is 6.61 Å². The lowest BCUT2D eigenvalue weighted by Gasteiger charge is -2.26. The minimum absolute atomic E-state index is 0.144. The summed E-state index contributed by atoms with van der Waals surface area (Å²) < 4.78 is 20.9. The second-order valence-corrected chi connectivity index (χ2v) is 6.31. The Morgan fingerprint density at radius 3 is 2.82 bits per heavy atom. The third kappa shape index (κ3) is 4.54. The van der Waals surface area contributed by atoms with E-state index in [0.717, 1.165) is 18.4 Å². The molecule has 0 aliphatic carbocycles. The van der Waals surface area contributed by atoms with Crippen LogP contribution in [0.2, 0.25) is 0 Å². The molecule has 0 N–H and O–H groups in total. The van der Waals surface area contributed by atoms with Gasteiger partial charge < -0.3 is 23.5 Å². The fourth-order valence-electron chi connectivity index (χ4n) is 3.29. The molecule has 0 bridgehead atoms. The Kier molecular flexibility index (Phi) is 6.37. The van der Waals surface area contributed by atoms with Crippen molar-refractivity contribution in [1.29, 1.82) is 0 Å². The topological polar surface area (TPSA) is 78.2 Å². The summed E-state index contributed by atoms with van der Waals surface area (Å²) in [6.07, 6.45) is 5.91. The molecule has 1 aliphatic rings. The molecule has 7 heteroatoms. The zero-order chi connectivity index (χ0) is 19.9. The van der Waals surface area contributed by atoms with Gasteiger partial charge >= 0.3 is 5.97 Å². The first-order valence-corrected chi connectivity index (χ1v) is 9.02. The molecule has 1 saturated heterocycles. The van der Waals surface area contributed by atoms with Crippen molar-refractivity contribution in [2.24, 2.45) is 0 Å². The molecule has 2 aromatic rings. The number of amides is 1. The van der Waals surface area contributed by atoms with Crippen molar-refractivity contribution in [3.63, 3.8) is 0 Å². The van der Waals surface area contributed by atoms with E-state index in [4.69, 9.17) is 18.6 Å². The van der Waals surface area contributed by atoms with Gasteiger partial charge in [0, 0.05) is 18.2 Å². The summed E-state index contributed by atoms with van der Waals surface area (Å²) in [5.74, 6) is 1.09. The van der Waals surface area contributed by atoms with Crippen LogP contribution in [-0.2, 0) is 14.3 Å². The Bertz CT molecular complexity index is 843. The molecule has 148 valence electrons. The minimum atomic E-state index is -0.598. The number of likely N-dealkylation sites (tertiary alicyclic amines) is 1. The molecule has 1 aromatic heterocycles. The van der Waals surface area contributed by atoms with E-state index >= 15 is 0 Å². The van der Waals surface area contributed by atoms with Crippen molar-refractivity contribution >= 4 is 18.0 Å². The Morgan fingerprint density at radius 1 is 1.25 bits per heavy atom. The highest BCUT2D eigenvalue weighted by Gasteiger charge is 2.32. The van der Waals surface area contributed by atoms with Crippen LogP contribution < -0.4 is 9.47 Å². The predicted molar refractivity (Wildman–Crippen MR) is 102 cm³/mol. The van der Waals surface area contributed by atoms with Crippen LogP contribution in [0.1, 0.15) is 30.2 Å². The fraction of sp³-hybridized carbons (Fsp3) is 0.333. The Labute approximate surface area is 163 Å². The van der Waals surface area contributed by atoms with Gasteiger partial charge in [0.2, 0.25) is 0 Å². The van der Waals surface area contributed by atoms with Crippen LogP contribution in [0, 0.1) is 0 Å². The average molecular weight is 385 g/mol. The molecule has 1 aliphatic heterocycles. The van der Waals surface area contributed by atoms with Gasteiger partial charge in [-0.2, -0.15) is 0 Å². The highest BCUT2D eigenvalue weighted by atomic mass is 16.5. The Morgan fingerprint density at radius 2 is 2.11 bits per heavy atom. The van der Waals surface area contributed by atoms with Crippen molar-refractivity contribution in [2.45, 2.75) is 18.9 Å². The summed E-state index contributed by atoms with van der Waals surface area (Å²) in [5.41, 5.74) is 0.886. The first-order chi connectivity index (χ1) is 13.6. The summed E-state index contributed by atoms with van der Waals surface area (Å²) in [6, 6.07) is 8.81. The van der Waals surface area contributed by atoms with Crippen molar-refractivity contribution in [1.82, 2.24) is 4.90 Å². The molecule has 7 nitrogen and oxygen atoms in total. The number of nitrogens with zero attached hydrogens (tertiary/aromatic N) is 1. The van der Waals surface area contributed by atoms with Crippen LogP contribution >= 0.6 is 0 Å². The number of ether oxygens (including phenoxy) is 3. The van der Waals surface area contributed by atoms with Crippen LogP contribution in [0.3, 0.4) is 0 Å². The van der Waals surface area contributed by atoms with Gasteiger partial charge in [0.1, 0.15) is 17.3 Å². The molecule has 0 radical (unpaired) electrons. The molecule has 0 spiro atoms. The maximum Gasteiger partial charge on any atom is 0.331 e. The van der Waals surface area contributed by atoms with E-state index in [9.17, 15) is 9.59 Å². The number of methoxy groups -OCH3 is 2. The summed E-state index contributed by atoms with van der Waals surface area (Å²) in [7, 11) is 3.19. The summed E-state index contributed by atoms with van der Waals surface area (Å²) in [4.78, 5) is 26.2. The highest BCUT2D eigenvalue weighted by Crippen LogP contribution is 2.38. The normalized spacial score (nSPS) is 16.4. The van der Waals surface area contributed by atoms with E-state index in [1.54, 1.807) is 31.3 Å². The molecule has 1 atom stereocenters. The first-order valence-electron chi connectivity index (χ1n) is 9.02. The van der Waals surface area contributed by atoms with Crippen molar-refractivity contribution < 1.29 is 28.2 Å². The first kappa shape index (κ1) is 19.5. The maximum absolute atomic E-state index is 12.7. The lowest BCUT2D eigenvalue weighted by Crippen LogP contribution is -2.34. The smallest absolute Gasteiger partial charge is 0.331 e. The number of benzene rings is 1. The van der Waals surface area contributed by atoms with Crippen molar-refractivity contribution in [3.8, 4) is 11.5 Å². The lowest BCUT2D eigenvalue weighted by molar-refractivity contribution is -0.148. The highest BCUT2D eigenvalue weighted by molar-refractivity contribution is 5.89. The van der Waals surface area contributed by atoms with Gasteiger partial charge in [-0.1, -0.05) is 0 Å². The summed E-state index contributed by atoms with van der Waals surface area (Å²) in [6.45, 7) is 0.285. The van der Waals surface area contributed by atoms with Crippen molar-refractivity contribution in [3.05, 3.63) is 54.0 Å². The van der Waals surface area contributed by atoms with E-state index in [1.807, 2.05) is 18.2 Å².